The average Bonchev–Trinajstić information content (AvgIpc) is 2.54. The van der Waals surface area contributed by atoms with Crippen molar-refractivity contribution in [2.24, 2.45) is 0 Å². The topological polar surface area (TPSA) is 42.8 Å². The fourth-order valence-corrected chi connectivity index (χ4v) is 2.57. The predicted octanol–water partition coefficient (Wildman–Crippen LogP) is 1.47. The lowest BCUT2D eigenvalue weighted by molar-refractivity contribution is -0.885. The normalized spacial score (nSPS) is 11.8. The third-order valence-electron chi connectivity index (χ3n) is 3.79. The quantitative estimate of drug-likeness (QED) is 0.807. The molecule has 0 saturated carbocycles. The number of methoxy groups -OCH3 is 1. The van der Waals surface area contributed by atoms with Crippen LogP contribution in [0, 0.1) is 12.7 Å². The summed E-state index contributed by atoms with van der Waals surface area (Å²) >= 11 is 0. The number of rotatable bonds is 7. The molecule has 0 aliphatic carbocycles. The molecule has 4 nitrogen and oxygen atoms in total. The molecule has 0 aliphatic heterocycles. The number of carbonyl (C=O) groups is 1. The molecule has 24 heavy (non-hydrogen) atoms. The van der Waals surface area contributed by atoms with Crippen LogP contribution in [0.25, 0.3) is 0 Å². The number of likely N-dealkylation sites (N-methyl/N-ethyl adjacent to an activating group) is 1. The molecule has 0 heterocycles. The number of nitrogens with one attached hydrogen (secondary N) is 2. The number of benzene rings is 2. The van der Waals surface area contributed by atoms with Crippen LogP contribution in [0.1, 0.15) is 16.7 Å². The molecular weight excluding hydrogens is 307 g/mol. The Labute approximate surface area is 142 Å². The van der Waals surface area contributed by atoms with Crippen molar-refractivity contribution in [2.45, 2.75) is 20.0 Å². The van der Waals surface area contributed by atoms with Crippen LogP contribution in [0.15, 0.2) is 42.5 Å². The number of hydrogen-bond acceptors (Lipinski definition) is 2. The standard InChI is InChI=1S/C19H23FN2O2/c1-14-4-9-18(24-3)16(10-14)12-22(2)13-19(23)21-11-15-5-7-17(20)8-6-15/h4-10H,11-13H2,1-3H3,(H,21,23)/p+1. The van der Waals surface area contributed by atoms with E-state index in [1.54, 1.807) is 19.2 Å². The summed E-state index contributed by atoms with van der Waals surface area (Å²) < 4.78 is 18.2. The first kappa shape index (κ1) is 17.9. The highest BCUT2D eigenvalue weighted by Gasteiger charge is 2.13. The van der Waals surface area contributed by atoms with Gasteiger partial charge in [-0.25, -0.2) is 4.39 Å². The summed E-state index contributed by atoms with van der Waals surface area (Å²) in [6.45, 7) is 3.50. The molecule has 0 bridgehead atoms. The summed E-state index contributed by atoms with van der Waals surface area (Å²) in [5.74, 6) is 0.525. The second-order valence-corrected chi connectivity index (χ2v) is 6.03. The van der Waals surface area contributed by atoms with Crippen molar-refractivity contribution in [2.75, 3.05) is 20.7 Å². The molecule has 0 fully saturated rings. The minimum Gasteiger partial charge on any atom is -0.496 e. The zero-order valence-corrected chi connectivity index (χ0v) is 14.4. The van der Waals surface area contributed by atoms with Crippen LogP contribution in [0.5, 0.6) is 5.75 Å². The maximum Gasteiger partial charge on any atom is 0.275 e. The molecule has 1 unspecified atom stereocenters. The van der Waals surface area contributed by atoms with Crippen LogP contribution in [-0.4, -0.2) is 26.6 Å². The Hall–Kier alpha value is -2.40. The number of aryl methyl sites for hydroxylation is 1. The van der Waals surface area contributed by atoms with Crippen molar-refractivity contribution in [3.05, 3.63) is 65.0 Å². The Kier molecular flexibility index (Phi) is 6.32. The van der Waals surface area contributed by atoms with Gasteiger partial charge in [0.05, 0.1) is 14.2 Å². The summed E-state index contributed by atoms with van der Waals surface area (Å²) in [5.41, 5.74) is 3.13. The van der Waals surface area contributed by atoms with E-state index >= 15 is 0 Å². The third kappa shape index (κ3) is 5.35. The van der Waals surface area contributed by atoms with Crippen LogP contribution in [0.2, 0.25) is 0 Å². The van der Waals surface area contributed by atoms with Gasteiger partial charge in [0.1, 0.15) is 18.1 Å². The lowest BCUT2D eigenvalue weighted by atomic mass is 10.1. The number of quaternary nitrogens is 1. The van der Waals surface area contributed by atoms with Crippen molar-refractivity contribution < 1.29 is 18.8 Å². The maximum atomic E-state index is 12.9. The van der Waals surface area contributed by atoms with Crippen molar-refractivity contribution in [1.82, 2.24) is 5.32 Å². The fraction of sp³-hybridized carbons (Fsp3) is 0.316. The third-order valence-corrected chi connectivity index (χ3v) is 3.79. The van der Waals surface area contributed by atoms with E-state index in [4.69, 9.17) is 4.74 Å². The number of halogens is 1. The Morgan fingerprint density at radius 2 is 1.92 bits per heavy atom. The van der Waals surface area contributed by atoms with Gasteiger partial charge in [0.15, 0.2) is 6.54 Å². The van der Waals surface area contributed by atoms with E-state index in [1.807, 2.05) is 26.1 Å². The highest BCUT2D eigenvalue weighted by molar-refractivity contribution is 5.76. The Bertz CT molecular complexity index is 686. The number of ether oxygens (including phenoxy) is 1. The van der Waals surface area contributed by atoms with Gasteiger partial charge in [-0.2, -0.15) is 0 Å². The molecule has 1 amide bonds. The zero-order chi connectivity index (χ0) is 17.5. The summed E-state index contributed by atoms with van der Waals surface area (Å²) in [6.07, 6.45) is 0. The van der Waals surface area contributed by atoms with E-state index in [2.05, 4.69) is 11.4 Å². The van der Waals surface area contributed by atoms with Gasteiger partial charge in [-0.05, 0) is 36.8 Å². The Morgan fingerprint density at radius 1 is 1.21 bits per heavy atom. The summed E-state index contributed by atoms with van der Waals surface area (Å²) in [6, 6.07) is 12.2. The Balaban J connectivity index is 1.85. The highest BCUT2D eigenvalue weighted by Crippen LogP contribution is 2.18. The van der Waals surface area contributed by atoms with Gasteiger partial charge in [0.25, 0.3) is 5.91 Å². The smallest absolute Gasteiger partial charge is 0.275 e. The molecule has 128 valence electrons. The largest absolute Gasteiger partial charge is 0.496 e. The van der Waals surface area contributed by atoms with Gasteiger partial charge in [0.2, 0.25) is 0 Å². The molecule has 1 atom stereocenters. The van der Waals surface area contributed by atoms with Crippen molar-refractivity contribution in [1.29, 1.82) is 0 Å². The molecule has 0 aliphatic rings. The first-order valence-corrected chi connectivity index (χ1v) is 7.94. The van der Waals surface area contributed by atoms with Crippen molar-refractivity contribution in [3.63, 3.8) is 0 Å². The van der Waals surface area contributed by atoms with Gasteiger partial charge < -0.3 is 15.0 Å². The van der Waals surface area contributed by atoms with Gasteiger partial charge in [-0.1, -0.05) is 23.8 Å². The van der Waals surface area contributed by atoms with E-state index in [0.717, 1.165) is 21.8 Å². The number of carbonyl (C=O) groups excluding carboxylic acids is 1. The lowest BCUT2D eigenvalue weighted by Crippen LogP contribution is -3.08. The molecule has 0 spiro atoms. The molecule has 2 rings (SSSR count). The van der Waals surface area contributed by atoms with E-state index in [1.165, 1.54) is 17.7 Å². The van der Waals surface area contributed by atoms with Crippen LogP contribution in [0.3, 0.4) is 0 Å². The molecule has 2 aromatic rings. The van der Waals surface area contributed by atoms with Crippen molar-refractivity contribution >= 4 is 5.91 Å². The van der Waals surface area contributed by atoms with E-state index in [-0.39, 0.29) is 11.7 Å². The van der Waals surface area contributed by atoms with E-state index < -0.39 is 0 Å². The first-order valence-electron chi connectivity index (χ1n) is 7.94. The first-order chi connectivity index (χ1) is 11.5. The predicted molar refractivity (Wildman–Crippen MR) is 91.4 cm³/mol. The van der Waals surface area contributed by atoms with Gasteiger partial charge in [-0.3, -0.25) is 4.79 Å². The van der Waals surface area contributed by atoms with Crippen LogP contribution >= 0.6 is 0 Å². The second kappa shape index (κ2) is 8.45. The second-order valence-electron chi connectivity index (χ2n) is 6.03. The maximum absolute atomic E-state index is 12.9. The zero-order valence-electron chi connectivity index (χ0n) is 14.4. The summed E-state index contributed by atoms with van der Waals surface area (Å²) in [7, 11) is 3.62. The summed E-state index contributed by atoms with van der Waals surface area (Å²) in [4.78, 5) is 13.1. The Morgan fingerprint density at radius 3 is 2.58 bits per heavy atom. The molecule has 2 aromatic carbocycles. The van der Waals surface area contributed by atoms with E-state index in [9.17, 15) is 9.18 Å². The fourth-order valence-electron chi connectivity index (χ4n) is 2.57. The molecule has 0 saturated heterocycles. The molecule has 5 heteroatoms. The van der Waals surface area contributed by atoms with Crippen LogP contribution in [-0.2, 0) is 17.9 Å². The number of hydrogen-bond donors (Lipinski definition) is 2. The van der Waals surface area contributed by atoms with Crippen LogP contribution in [0.4, 0.5) is 4.39 Å². The molecule has 0 radical (unpaired) electrons. The minimum atomic E-state index is -0.277. The summed E-state index contributed by atoms with van der Waals surface area (Å²) in [5, 5.41) is 2.86. The van der Waals surface area contributed by atoms with Gasteiger partial charge in [-0.15, -0.1) is 0 Å². The van der Waals surface area contributed by atoms with E-state index in [0.29, 0.717) is 19.6 Å². The van der Waals surface area contributed by atoms with Crippen molar-refractivity contribution in [3.8, 4) is 5.75 Å². The monoisotopic (exact) mass is 331 g/mol. The minimum absolute atomic E-state index is 0.0385. The number of amides is 1. The van der Waals surface area contributed by atoms with Crippen LogP contribution < -0.4 is 15.0 Å². The van der Waals surface area contributed by atoms with Gasteiger partial charge >= 0.3 is 0 Å². The SMILES string of the molecule is COc1ccc(C)cc1C[NH+](C)CC(=O)NCc1ccc(F)cc1. The van der Waals surface area contributed by atoms with Gasteiger partial charge in [0, 0.05) is 12.1 Å². The lowest BCUT2D eigenvalue weighted by Gasteiger charge is -2.16. The average molecular weight is 331 g/mol. The molecule has 2 N–H and O–H groups in total. The molecular formula is C19H24FN2O2+. The molecule has 0 aromatic heterocycles. The highest BCUT2D eigenvalue weighted by atomic mass is 19.1.